The summed E-state index contributed by atoms with van der Waals surface area (Å²) in [5, 5.41) is 6.74. The maximum absolute atomic E-state index is 15.6. The lowest BCUT2D eigenvalue weighted by Gasteiger charge is -2.61. The highest BCUT2D eigenvalue weighted by molar-refractivity contribution is 6.36. The summed E-state index contributed by atoms with van der Waals surface area (Å²) >= 11 is 7.03. The molecule has 1 aliphatic carbocycles. The number of fused-ring (bicyclic) bond motifs is 1. The van der Waals surface area contributed by atoms with Crippen molar-refractivity contribution in [3.8, 4) is 28.3 Å². The zero-order valence-electron chi connectivity index (χ0n) is 27.8. The third-order valence-corrected chi connectivity index (χ3v) is 10.5. The number of aryl methyl sites for hydroxylation is 2. The Balaban J connectivity index is 1.18. The molecule has 1 spiro atoms. The van der Waals surface area contributed by atoms with Crippen LogP contribution in [0.3, 0.4) is 0 Å². The Morgan fingerprint density at radius 3 is 2.49 bits per heavy atom. The fourth-order valence-electron chi connectivity index (χ4n) is 7.55. The summed E-state index contributed by atoms with van der Waals surface area (Å²) in [6, 6.07) is 10.1. The first-order valence-electron chi connectivity index (χ1n) is 15.9. The summed E-state index contributed by atoms with van der Waals surface area (Å²) in [7, 11) is 4.19. The number of amides is 2. The number of anilines is 1. The molecule has 1 N–H and O–H groups in total. The summed E-state index contributed by atoms with van der Waals surface area (Å²) < 4.78 is 23.1. The predicted octanol–water partition coefficient (Wildman–Crippen LogP) is 3.72. The van der Waals surface area contributed by atoms with E-state index in [9.17, 15) is 19.2 Å². The van der Waals surface area contributed by atoms with Gasteiger partial charge in [0.25, 0.3) is 11.5 Å². The molecule has 2 aromatic heterocycles. The topological polar surface area (TPSA) is 132 Å². The molecule has 12 nitrogen and oxygen atoms in total. The highest BCUT2D eigenvalue weighted by atomic mass is 35.5. The van der Waals surface area contributed by atoms with Gasteiger partial charge in [0.2, 0.25) is 17.5 Å². The van der Waals surface area contributed by atoms with Crippen LogP contribution in [0, 0.1) is 18.2 Å². The lowest BCUT2D eigenvalue weighted by molar-refractivity contribution is -0.161. The Bertz CT molecular complexity index is 2180. The highest BCUT2D eigenvalue weighted by Crippen LogP contribution is 2.50. The number of hydrogen-bond acceptors (Lipinski definition) is 8. The second kappa shape index (κ2) is 11.9. The van der Waals surface area contributed by atoms with Gasteiger partial charge in [-0.15, -0.1) is 0 Å². The number of likely N-dealkylation sites (tertiary alicyclic amines) is 2. The van der Waals surface area contributed by atoms with Crippen molar-refractivity contribution >= 4 is 29.1 Å². The number of rotatable bonds is 6. The Kier molecular flexibility index (Phi) is 7.94. The maximum Gasteiger partial charge on any atom is 0.346 e. The molecule has 2 aliphatic heterocycles. The van der Waals surface area contributed by atoms with Crippen LogP contribution >= 0.6 is 11.6 Å². The zero-order valence-corrected chi connectivity index (χ0v) is 28.5. The van der Waals surface area contributed by atoms with Gasteiger partial charge in [0.15, 0.2) is 0 Å². The summed E-state index contributed by atoms with van der Waals surface area (Å²) in [6.07, 6.45) is 1.77. The molecule has 14 heteroatoms. The fraction of sp³-hybridized carbons (Fsp3) is 0.371. The van der Waals surface area contributed by atoms with E-state index in [0.29, 0.717) is 28.3 Å². The van der Waals surface area contributed by atoms with E-state index in [1.54, 1.807) is 33.1 Å². The number of halogens is 2. The average Bonchev–Trinajstić information content (AvgIpc) is 3.45. The normalized spacial score (nSPS) is 17.8. The van der Waals surface area contributed by atoms with Crippen LogP contribution in [0.1, 0.15) is 46.6 Å². The summed E-state index contributed by atoms with van der Waals surface area (Å²) in [5.41, 5.74) is 2.75. The molecule has 49 heavy (non-hydrogen) atoms. The second-order valence-electron chi connectivity index (χ2n) is 13.3. The van der Waals surface area contributed by atoms with Crippen molar-refractivity contribution in [2.24, 2.45) is 19.5 Å². The minimum atomic E-state index is -0.854. The average molecular weight is 688 g/mol. The molecule has 0 bridgehead atoms. The van der Waals surface area contributed by atoms with Crippen LogP contribution in [-0.2, 0) is 25.3 Å². The minimum Gasteiger partial charge on any atom is -0.481 e. The lowest BCUT2D eigenvalue weighted by atomic mass is 9.72. The van der Waals surface area contributed by atoms with Crippen molar-refractivity contribution in [2.45, 2.75) is 32.7 Å². The van der Waals surface area contributed by atoms with Gasteiger partial charge in [-0.05, 0) is 49.1 Å². The zero-order chi connectivity index (χ0) is 34.9. The number of methoxy groups -OCH3 is 1. The van der Waals surface area contributed by atoms with Gasteiger partial charge in [-0.1, -0.05) is 29.8 Å². The Morgan fingerprint density at radius 2 is 1.80 bits per heavy atom. The standard InChI is InChI=1S/C35H35ClFN7O5/c1-18-24(38-31(46)30-33(47)41(3)34(48)42(4)40-30)11-10-23(37)27(18)22-8-6-7-21(29(22)36)25-13-20-9-12-26(28(20)32(39-25)49-5)44-16-35(17-44)14-43(15-35)19(2)45/h6-8,10-11,13,26H,9,12,14-17H2,1-5H3,(H,38,46)/t26-/m0/s1. The molecule has 4 aromatic rings. The van der Waals surface area contributed by atoms with Crippen molar-refractivity contribution in [3.05, 3.63) is 90.5 Å². The Morgan fingerprint density at radius 1 is 1.08 bits per heavy atom. The molecule has 4 heterocycles. The third kappa shape index (κ3) is 5.32. The summed E-state index contributed by atoms with van der Waals surface area (Å²) in [6.45, 7) is 6.74. The number of hydrogen-bond donors (Lipinski definition) is 1. The van der Waals surface area contributed by atoms with E-state index in [-0.39, 0.29) is 33.6 Å². The van der Waals surface area contributed by atoms with E-state index in [1.807, 2.05) is 17.0 Å². The van der Waals surface area contributed by atoms with E-state index in [1.165, 1.54) is 26.2 Å². The quantitative estimate of drug-likeness (QED) is 0.325. The molecule has 0 saturated carbocycles. The van der Waals surface area contributed by atoms with Gasteiger partial charge in [-0.3, -0.25) is 23.9 Å². The van der Waals surface area contributed by atoms with Gasteiger partial charge >= 0.3 is 5.69 Å². The predicted molar refractivity (Wildman–Crippen MR) is 181 cm³/mol. The highest BCUT2D eigenvalue weighted by Gasteiger charge is 2.55. The van der Waals surface area contributed by atoms with Gasteiger partial charge in [-0.25, -0.2) is 18.9 Å². The Hall–Kier alpha value is -4.88. The molecule has 7 rings (SSSR count). The van der Waals surface area contributed by atoms with Crippen molar-refractivity contribution in [1.29, 1.82) is 0 Å². The number of aromatic nitrogens is 4. The van der Waals surface area contributed by atoms with Gasteiger partial charge in [-0.2, -0.15) is 5.10 Å². The number of carbonyl (C=O) groups excluding carboxylic acids is 2. The van der Waals surface area contributed by atoms with E-state index in [4.69, 9.17) is 21.3 Å². The van der Waals surface area contributed by atoms with Crippen LogP contribution in [0.25, 0.3) is 22.4 Å². The number of pyridine rings is 1. The molecule has 2 saturated heterocycles. The number of benzene rings is 2. The van der Waals surface area contributed by atoms with Crippen molar-refractivity contribution < 1.29 is 18.7 Å². The molecular weight excluding hydrogens is 653 g/mol. The van der Waals surface area contributed by atoms with E-state index in [2.05, 4.69) is 15.3 Å². The van der Waals surface area contributed by atoms with Crippen molar-refractivity contribution in [3.63, 3.8) is 0 Å². The fourth-order valence-corrected chi connectivity index (χ4v) is 7.87. The van der Waals surface area contributed by atoms with Crippen molar-refractivity contribution in [2.75, 3.05) is 38.6 Å². The lowest BCUT2D eigenvalue weighted by Crippen LogP contribution is -2.72. The number of ether oxygens (including phenoxy) is 1. The largest absolute Gasteiger partial charge is 0.481 e. The first-order chi connectivity index (χ1) is 23.3. The molecule has 3 aliphatic rings. The van der Waals surface area contributed by atoms with Crippen LogP contribution in [0.15, 0.2) is 46.0 Å². The number of nitrogens with zero attached hydrogens (tertiary/aromatic N) is 6. The van der Waals surface area contributed by atoms with Gasteiger partial charge in [0, 0.05) is 86.6 Å². The van der Waals surface area contributed by atoms with Gasteiger partial charge in [0.05, 0.1) is 17.8 Å². The number of carbonyl (C=O) groups is 2. The molecule has 2 fully saturated rings. The van der Waals surface area contributed by atoms with Crippen LogP contribution in [0.2, 0.25) is 5.02 Å². The number of nitrogens with one attached hydrogen (secondary N) is 1. The van der Waals surface area contributed by atoms with E-state index >= 15 is 4.39 Å². The van der Waals surface area contributed by atoms with Crippen LogP contribution in [0.5, 0.6) is 5.88 Å². The second-order valence-corrected chi connectivity index (χ2v) is 13.6. The Labute approximate surface area is 286 Å². The third-order valence-electron chi connectivity index (χ3n) is 10.1. The van der Waals surface area contributed by atoms with Crippen molar-refractivity contribution in [1.82, 2.24) is 29.1 Å². The molecule has 0 unspecified atom stereocenters. The van der Waals surface area contributed by atoms with E-state index < -0.39 is 28.7 Å². The van der Waals surface area contributed by atoms with Crippen LogP contribution < -0.4 is 21.3 Å². The molecule has 2 aromatic carbocycles. The summed E-state index contributed by atoms with van der Waals surface area (Å²) in [4.78, 5) is 58.7. The summed E-state index contributed by atoms with van der Waals surface area (Å²) in [5.74, 6) is -0.749. The first-order valence-corrected chi connectivity index (χ1v) is 16.3. The smallest absolute Gasteiger partial charge is 0.346 e. The molecule has 1 atom stereocenters. The minimum absolute atomic E-state index is 0.123. The van der Waals surface area contributed by atoms with Crippen LogP contribution in [0.4, 0.5) is 10.1 Å². The molecule has 0 radical (unpaired) electrons. The monoisotopic (exact) mass is 687 g/mol. The molecule has 254 valence electrons. The first kappa shape index (κ1) is 32.7. The maximum atomic E-state index is 15.6. The molecular formula is C35H35ClFN7O5. The molecule has 2 amide bonds. The van der Waals surface area contributed by atoms with Crippen LogP contribution in [-0.4, -0.2) is 74.2 Å². The van der Waals surface area contributed by atoms with Gasteiger partial charge < -0.3 is 15.0 Å². The SMILES string of the molecule is COc1nc(-c2cccc(-c3c(F)ccc(NC(=O)c4nn(C)c(=O)n(C)c4=O)c3C)c2Cl)cc2c1[C@@H](N1CC3(CN(C(C)=O)C3)C1)CC2. The van der Waals surface area contributed by atoms with E-state index in [0.717, 1.165) is 59.4 Å². The van der Waals surface area contributed by atoms with Gasteiger partial charge in [0.1, 0.15) is 5.82 Å².